The highest BCUT2D eigenvalue weighted by atomic mass is 16.5. The van der Waals surface area contributed by atoms with E-state index < -0.39 is 5.97 Å². The predicted octanol–water partition coefficient (Wildman–Crippen LogP) is 3.53. The van der Waals surface area contributed by atoms with Crippen LogP contribution in [0.25, 0.3) is 11.1 Å². The first-order valence-electron chi connectivity index (χ1n) is 9.19. The molecule has 0 bridgehead atoms. The zero-order valence-corrected chi connectivity index (χ0v) is 15.9. The minimum absolute atomic E-state index is 0.286. The smallest absolute Gasteiger partial charge is 0.336 e. The van der Waals surface area contributed by atoms with Crippen LogP contribution in [0.3, 0.4) is 0 Å². The zero-order valence-electron chi connectivity index (χ0n) is 15.9. The van der Waals surface area contributed by atoms with Gasteiger partial charge in [0.1, 0.15) is 12.4 Å². The van der Waals surface area contributed by atoms with E-state index in [0.717, 1.165) is 24.2 Å². The topological polar surface area (TPSA) is 66.8 Å². The maximum atomic E-state index is 11.4. The van der Waals surface area contributed by atoms with Crippen LogP contribution in [-0.2, 0) is 16.1 Å². The number of aldehydes is 1. The molecule has 0 aromatic heterocycles. The van der Waals surface area contributed by atoms with Crippen LogP contribution in [0.2, 0.25) is 0 Å². The number of carbonyl (C=O) groups excluding carboxylic acids is 1. The van der Waals surface area contributed by atoms with E-state index in [0.29, 0.717) is 36.3 Å². The molecule has 2 aromatic carbocycles. The van der Waals surface area contributed by atoms with Crippen molar-refractivity contribution in [3.63, 3.8) is 0 Å². The van der Waals surface area contributed by atoms with Crippen LogP contribution >= 0.6 is 0 Å². The molecule has 0 amide bonds. The lowest BCUT2D eigenvalue weighted by atomic mass is 9.98. The maximum absolute atomic E-state index is 11.4. The quantitative estimate of drug-likeness (QED) is 0.467. The Labute approximate surface area is 169 Å². The van der Waals surface area contributed by atoms with Gasteiger partial charge in [-0.3, -0.25) is 9.69 Å². The molecular weight excluding hydrogens is 366 g/mol. The van der Waals surface area contributed by atoms with Gasteiger partial charge in [-0.05, 0) is 34.9 Å². The average molecular weight is 387 g/mol. The third kappa shape index (κ3) is 5.22. The molecule has 2 aromatic rings. The minimum Gasteiger partial charge on any atom is -0.495 e. The van der Waals surface area contributed by atoms with E-state index in [1.165, 1.54) is 6.08 Å². The molecule has 5 nitrogen and oxygen atoms in total. The minimum atomic E-state index is -0.939. The van der Waals surface area contributed by atoms with Crippen molar-refractivity contribution in [1.82, 2.24) is 4.90 Å². The van der Waals surface area contributed by atoms with Crippen LogP contribution in [0.15, 0.2) is 72.0 Å². The van der Waals surface area contributed by atoms with E-state index in [1.54, 1.807) is 18.2 Å². The third-order valence-electron chi connectivity index (χ3n) is 4.62. The lowest BCUT2D eigenvalue weighted by Crippen LogP contribution is -2.34. The van der Waals surface area contributed by atoms with Crippen molar-refractivity contribution in [1.29, 1.82) is 0 Å². The molecule has 0 saturated carbocycles. The Balaban J connectivity index is 1.71. The molecule has 146 valence electrons. The molecule has 1 saturated heterocycles. The van der Waals surface area contributed by atoms with Crippen LogP contribution in [0.4, 0.5) is 0 Å². The Kier molecular flexibility index (Phi) is 6.62. The van der Waals surface area contributed by atoms with Gasteiger partial charge in [0.2, 0.25) is 0 Å². The summed E-state index contributed by atoms with van der Waals surface area (Å²) in [5.74, 6) is 2.11. The molecule has 1 fully saturated rings. The normalized spacial score (nSPS) is 16.1. The van der Waals surface area contributed by atoms with Gasteiger partial charge < -0.3 is 9.84 Å². The number of carboxylic acids is 1. The second-order valence-corrected chi connectivity index (χ2v) is 6.65. The third-order valence-corrected chi connectivity index (χ3v) is 4.62. The highest BCUT2D eigenvalue weighted by Crippen LogP contribution is 2.25. The summed E-state index contributed by atoms with van der Waals surface area (Å²) < 4.78 is 5.63. The van der Waals surface area contributed by atoms with Crippen molar-refractivity contribution in [2.45, 2.75) is 6.54 Å². The van der Waals surface area contributed by atoms with E-state index in [9.17, 15) is 14.7 Å². The molecule has 0 unspecified atom stereocenters. The van der Waals surface area contributed by atoms with Crippen molar-refractivity contribution in [3.05, 3.63) is 83.1 Å². The largest absolute Gasteiger partial charge is 0.495 e. The molecule has 1 aliphatic rings. The zero-order chi connectivity index (χ0) is 20.6. The fourth-order valence-electron chi connectivity index (χ4n) is 3.23. The Morgan fingerprint density at radius 1 is 1.21 bits per heavy atom. The SMILES string of the molecule is C#C/C=C(C=O)\C=C1/CN(Cc2ccc(-c3ccccc3C(=O)O)cc2)CCO1. The number of carboxylic acid groups (broad SMARTS) is 1. The number of terminal acetylenes is 1. The fourth-order valence-corrected chi connectivity index (χ4v) is 3.23. The van der Waals surface area contributed by atoms with Crippen molar-refractivity contribution >= 4 is 12.3 Å². The predicted molar refractivity (Wildman–Crippen MR) is 111 cm³/mol. The number of nitrogens with zero attached hydrogens (tertiary/aromatic N) is 1. The molecule has 1 aliphatic heterocycles. The number of carbonyl (C=O) groups is 2. The summed E-state index contributed by atoms with van der Waals surface area (Å²) in [6, 6.07) is 14.9. The summed E-state index contributed by atoms with van der Waals surface area (Å²) in [7, 11) is 0. The lowest BCUT2D eigenvalue weighted by Gasteiger charge is -2.29. The Bertz CT molecular complexity index is 996. The summed E-state index contributed by atoms with van der Waals surface area (Å²) in [6.45, 7) is 2.62. The van der Waals surface area contributed by atoms with Gasteiger partial charge in [0.05, 0.1) is 12.1 Å². The van der Waals surface area contributed by atoms with Crippen LogP contribution in [0, 0.1) is 12.3 Å². The molecule has 1 N–H and O–H groups in total. The Morgan fingerprint density at radius 2 is 1.97 bits per heavy atom. The van der Waals surface area contributed by atoms with Crippen molar-refractivity contribution < 1.29 is 19.4 Å². The van der Waals surface area contributed by atoms with E-state index in [-0.39, 0.29) is 5.56 Å². The van der Waals surface area contributed by atoms with Gasteiger partial charge in [0.15, 0.2) is 6.29 Å². The first-order chi connectivity index (χ1) is 14.1. The maximum Gasteiger partial charge on any atom is 0.336 e. The number of ether oxygens (including phenoxy) is 1. The van der Waals surface area contributed by atoms with Crippen LogP contribution in [-0.4, -0.2) is 42.0 Å². The van der Waals surface area contributed by atoms with Crippen LogP contribution in [0.1, 0.15) is 15.9 Å². The molecule has 0 aliphatic carbocycles. The van der Waals surface area contributed by atoms with E-state index >= 15 is 0 Å². The van der Waals surface area contributed by atoms with Gasteiger partial charge in [-0.15, -0.1) is 6.42 Å². The van der Waals surface area contributed by atoms with Gasteiger partial charge in [0, 0.05) is 18.7 Å². The van der Waals surface area contributed by atoms with Gasteiger partial charge in [-0.2, -0.15) is 0 Å². The first-order valence-corrected chi connectivity index (χ1v) is 9.19. The summed E-state index contributed by atoms with van der Waals surface area (Å²) in [5.41, 5.74) is 3.37. The monoisotopic (exact) mass is 387 g/mol. The van der Waals surface area contributed by atoms with Gasteiger partial charge >= 0.3 is 5.97 Å². The summed E-state index contributed by atoms with van der Waals surface area (Å²) in [5, 5.41) is 9.38. The fraction of sp³-hybridized carbons (Fsp3) is 0.167. The van der Waals surface area contributed by atoms with E-state index in [2.05, 4.69) is 10.8 Å². The summed E-state index contributed by atoms with van der Waals surface area (Å²) in [4.78, 5) is 24.7. The number of hydrogen-bond donors (Lipinski definition) is 1. The Morgan fingerprint density at radius 3 is 2.66 bits per heavy atom. The van der Waals surface area contributed by atoms with Crippen molar-refractivity contribution in [2.75, 3.05) is 19.7 Å². The van der Waals surface area contributed by atoms with Crippen LogP contribution in [0.5, 0.6) is 0 Å². The highest BCUT2D eigenvalue weighted by Gasteiger charge is 2.16. The highest BCUT2D eigenvalue weighted by molar-refractivity contribution is 5.96. The van der Waals surface area contributed by atoms with Crippen molar-refractivity contribution in [2.24, 2.45) is 0 Å². The molecule has 0 spiro atoms. The van der Waals surface area contributed by atoms with Crippen LogP contribution < -0.4 is 0 Å². The molecule has 0 atom stereocenters. The average Bonchev–Trinajstić information content (AvgIpc) is 2.74. The lowest BCUT2D eigenvalue weighted by molar-refractivity contribution is -0.104. The molecule has 3 rings (SSSR count). The molecule has 1 heterocycles. The number of aromatic carboxylic acids is 1. The molecule has 5 heteroatoms. The van der Waals surface area contributed by atoms with Gasteiger partial charge in [0.25, 0.3) is 0 Å². The van der Waals surface area contributed by atoms with E-state index in [4.69, 9.17) is 11.2 Å². The summed E-state index contributed by atoms with van der Waals surface area (Å²) >= 11 is 0. The van der Waals surface area contributed by atoms with Crippen molar-refractivity contribution in [3.8, 4) is 23.5 Å². The van der Waals surface area contributed by atoms with Gasteiger partial charge in [-0.25, -0.2) is 4.79 Å². The number of benzene rings is 2. The van der Waals surface area contributed by atoms with E-state index in [1.807, 2.05) is 36.4 Å². The molecular formula is C24H21NO4. The number of allylic oxidation sites excluding steroid dienone is 3. The standard InChI is InChI=1S/C24H21NO4/c1-2-5-19(17-26)14-21-16-25(12-13-29-21)15-18-8-10-20(11-9-18)22-6-3-4-7-23(22)24(27)28/h1,3-11,14,17H,12-13,15-16H2,(H,27,28)/b19-5+,21-14+. The number of morpholine rings is 1. The Hall–Kier alpha value is -3.62. The second-order valence-electron chi connectivity index (χ2n) is 6.65. The molecule has 29 heavy (non-hydrogen) atoms. The molecule has 0 radical (unpaired) electrons. The number of rotatable bonds is 6. The van der Waals surface area contributed by atoms with Gasteiger partial charge in [-0.1, -0.05) is 48.4 Å². The number of hydrogen-bond acceptors (Lipinski definition) is 4. The second kappa shape index (κ2) is 9.54. The first kappa shape index (κ1) is 20.1. The summed E-state index contributed by atoms with van der Waals surface area (Å²) in [6.07, 6.45) is 9.02.